The van der Waals surface area contributed by atoms with Crippen LogP contribution in [0.1, 0.15) is 18.5 Å². The number of carbonyl (C=O) groups excluding carboxylic acids is 1. The highest BCUT2D eigenvalue weighted by atomic mass is 16.1. The van der Waals surface area contributed by atoms with Gasteiger partial charge in [-0.25, -0.2) is 4.98 Å². The van der Waals surface area contributed by atoms with Crippen molar-refractivity contribution in [2.75, 3.05) is 20.1 Å². The molecule has 1 amide bonds. The van der Waals surface area contributed by atoms with Crippen LogP contribution in [0, 0.1) is 5.92 Å². The lowest BCUT2D eigenvalue weighted by atomic mass is 10.3. The maximum atomic E-state index is 11.6. The molecule has 1 fully saturated rings. The lowest BCUT2D eigenvalue weighted by Crippen LogP contribution is -2.28. The molecule has 17 heavy (non-hydrogen) atoms. The SMILES string of the molecule is CNCCc1cn(CC(=O)NCC2CC2)cn1. The number of hydrogen-bond donors (Lipinski definition) is 2. The molecule has 0 unspecified atom stereocenters. The standard InChI is InChI=1S/C12H20N4O/c1-13-5-4-11-7-16(9-15-11)8-12(17)14-6-10-2-3-10/h7,9-10,13H,2-6,8H2,1H3,(H,14,17). The Morgan fingerprint density at radius 1 is 1.59 bits per heavy atom. The van der Waals surface area contributed by atoms with E-state index in [0.717, 1.165) is 31.1 Å². The minimum atomic E-state index is 0.0782. The Bertz CT molecular complexity index is 370. The Morgan fingerprint density at radius 3 is 3.12 bits per heavy atom. The molecule has 0 spiro atoms. The van der Waals surface area contributed by atoms with E-state index < -0.39 is 0 Å². The quantitative estimate of drug-likeness (QED) is 0.709. The van der Waals surface area contributed by atoms with Crippen LogP contribution in [0.2, 0.25) is 0 Å². The smallest absolute Gasteiger partial charge is 0.239 e. The van der Waals surface area contributed by atoms with Crippen molar-refractivity contribution in [3.05, 3.63) is 18.2 Å². The third-order valence-electron chi connectivity index (χ3n) is 2.93. The van der Waals surface area contributed by atoms with E-state index in [2.05, 4.69) is 15.6 Å². The molecule has 0 aliphatic heterocycles. The summed E-state index contributed by atoms with van der Waals surface area (Å²) in [6.07, 6.45) is 7.09. The fourth-order valence-electron chi connectivity index (χ4n) is 1.68. The van der Waals surface area contributed by atoms with E-state index in [-0.39, 0.29) is 5.91 Å². The Kier molecular flexibility index (Phi) is 4.14. The number of rotatable bonds is 7. The molecule has 94 valence electrons. The lowest BCUT2D eigenvalue weighted by molar-refractivity contribution is -0.121. The van der Waals surface area contributed by atoms with Gasteiger partial charge in [-0.3, -0.25) is 4.79 Å². The maximum absolute atomic E-state index is 11.6. The Hall–Kier alpha value is -1.36. The average molecular weight is 236 g/mol. The second-order valence-corrected chi connectivity index (χ2v) is 4.64. The summed E-state index contributed by atoms with van der Waals surface area (Å²) in [7, 11) is 1.92. The number of nitrogens with one attached hydrogen (secondary N) is 2. The molecular formula is C12H20N4O. The van der Waals surface area contributed by atoms with Crippen molar-refractivity contribution in [2.45, 2.75) is 25.8 Å². The van der Waals surface area contributed by atoms with Crippen LogP contribution in [0.25, 0.3) is 0 Å². The summed E-state index contributed by atoms with van der Waals surface area (Å²) in [6, 6.07) is 0. The van der Waals surface area contributed by atoms with Gasteiger partial charge in [-0.1, -0.05) is 0 Å². The molecule has 0 aromatic carbocycles. The van der Waals surface area contributed by atoms with Crippen molar-refractivity contribution in [3.63, 3.8) is 0 Å². The zero-order valence-electron chi connectivity index (χ0n) is 10.3. The number of amides is 1. The van der Waals surface area contributed by atoms with Gasteiger partial charge < -0.3 is 15.2 Å². The maximum Gasteiger partial charge on any atom is 0.239 e. The molecule has 0 bridgehead atoms. The highest BCUT2D eigenvalue weighted by Gasteiger charge is 2.21. The molecule has 0 saturated heterocycles. The molecule has 1 aromatic heterocycles. The summed E-state index contributed by atoms with van der Waals surface area (Å²) < 4.78 is 1.84. The first-order valence-electron chi connectivity index (χ1n) is 6.20. The van der Waals surface area contributed by atoms with E-state index in [9.17, 15) is 4.79 Å². The summed E-state index contributed by atoms with van der Waals surface area (Å²) in [4.78, 5) is 15.9. The minimum absolute atomic E-state index is 0.0782. The summed E-state index contributed by atoms with van der Waals surface area (Å²) in [5.74, 6) is 0.808. The van der Waals surface area contributed by atoms with Crippen LogP contribution in [0.5, 0.6) is 0 Å². The van der Waals surface area contributed by atoms with Crippen molar-refractivity contribution in [1.82, 2.24) is 20.2 Å². The van der Waals surface area contributed by atoms with E-state index in [0.29, 0.717) is 6.54 Å². The molecule has 1 aliphatic carbocycles. The van der Waals surface area contributed by atoms with Crippen LogP contribution in [0.3, 0.4) is 0 Å². The van der Waals surface area contributed by atoms with Gasteiger partial charge in [-0.2, -0.15) is 0 Å². The lowest BCUT2D eigenvalue weighted by Gasteiger charge is -2.04. The topological polar surface area (TPSA) is 59.0 Å². The number of carbonyl (C=O) groups is 1. The third kappa shape index (κ3) is 4.19. The Morgan fingerprint density at radius 2 is 2.41 bits per heavy atom. The predicted octanol–water partition coefficient (Wildman–Crippen LogP) is 0.171. The number of aromatic nitrogens is 2. The van der Waals surface area contributed by atoms with Gasteiger partial charge in [0.2, 0.25) is 5.91 Å². The van der Waals surface area contributed by atoms with Crippen LogP contribution in [-0.4, -0.2) is 35.6 Å². The number of hydrogen-bond acceptors (Lipinski definition) is 3. The highest BCUT2D eigenvalue weighted by molar-refractivity contribution is 5.75. The van der Waals surface area contributed by atoms with Gasteiger partial charge in [0.25, 0.3) is 0 Å². The summed E-state index contributed by atoms with van der Waals surface area (Å²) in [5, 5.41) is 6.02. The second kappa shape index (κ2) is 5.82. The summed E-state index contributed by atoms with van der Waals surface area (Å²) in [5.41, 5.74) is 1.02. The third-order valence-corrected chi connectivity index (χ3v) is 2.93. The normalized spacial score (nSPS) is 14.9. The van der Waals surface area contributed by atoms with Crippen molar-refractivity contribution < 1.29 is 4.79 Å². The van der Waals surface area contributed by atoms with Crippen molar-refractivity contribution in [3.8, 4) is 0 Å². The molecule has 1 heterocycles. The molecule has 1 aliphatic rings. The predicted molar refractivity (Wildman–Crippen MR) is 65.6 cm³/mol. The Labute approximate surface area is 102 Å². The Balaban J connectivity index is 1.72. The zero-order chi connectivity index (χ0) is 12.1. The fourth-order valence-corrected chi connectivity index (χ4v) is 1.68. The molecule has 5 heteroatoms. The molecule has 2 rings (SSSR count). The number of likely N-dealkylation sites (N-methyl/N-ethyl adjacent to an activating group) is 1. The van der Waals surface area contributed by atoms with E-state index in [1.807, 2.05) is 17.8 Å². The molecule has 2 N–H and O–H groups in total. The van der Waals surface area contributed by atoms with Crippen molar-refractivity contribution in [1.29, 1.82) is 0 Å². The van der Waals surface area contributed by atoms with Crippen LogP contribution < -0.4 is 10.6 Å². The molecule has 1 saturated carbocycles. The number of imidazole rings is 1. The van der Waals surface area contributed by atoms with E-state index in [4.69, 9.17) is 0 Å². The minimum Gasteiger partial charge on any atom is -0.354 e. The largest absolute Gasteiger partial charge is 0.354 e. The van der Waals surface area contributed by atoms with Crippen LogP contribution in [-0.2, 0) is 17.8 Å². The summed E-state index contributed by atoms with van der Waals surface area (Å²) >= 11 is 0. The first kappa shape index (κ1) is 12.1. The zero-order valence-corrected chi connectivity index (χ0v) is 10.3. The van der Waals surface area contributed by atoms with Gasteiger partial charge in [0.05, 0.1) is 12.0 Å². The summed E-state index contributed by atoms with van der Waals surface area (Å²) in [6.45, 7) is 2.12. The fraction of sp³-hybridized carbons (Fsp3) is 0.667. The van der Waals surface area contributed by atoms with Gasteiger partial charge >= 0.3 is 0 Å². The second-order valence-electron chi connectivity index (χ2n) is 4.64. The molecule has 0 radical (unpaired) electrons. The van der Waals surface area contributed by atoms with Crippen LogP contribution in [0.15, 0.2) is 12.5 Å². The van der Waals surface area contributed by atoms with E-state index in [1.165, 1.54) is 12.8 Å². The van der Waals surface area contributed by atoms with Crippen molar-refractivity contribution in [2.24, 2.45) is 5.92 Å². The van der Waals surface area contributed by atoms with Gasteiger partial charge in [0.1, 0.15) is 6.54 Å². The first-order chi connectivity index (χ1) is 8.28. The monoisotopic (exact) mass is 236 g/mol. The molecule has 1 aromatic rings. The van der Waals surface area contributed by atoms with E-state index in [1.54, 1.807) is 6.33 Å². The van der Waals surface area contributed by atoms with Gasteiger partial charge in [0, 0.05) is 25.7 Å². The molecule has 0 atom stereocenters. The molecule has 5 nitrogen and oxygen atoms in total. The van der Waals surface area contributed by atoms with Crippen molar-refractivity contribution >= 4 is 5.91 Å². The van der Waals surface area contributed by atoms with Crippen LogP contribution in [0.4, 0.5) is 0 Å². The first-order valence-corrected chi connectivity index (χ1v) is 6.20. The number of nitrogens with zero attached hydrogens (tertiary/aromatic N) is 2. The van der Waals surface area contributed by atoms with Gasteiger partial charge in [0.15, 0.2) is 0 Å². The highest BCUT2D eigenvalue weighted by Crippen LogP contribution is 2.27. The average Bonchev–Trinajstić information content (AvgIpc) is 3.05. The van der Waals surface area contributed by atoms with Gasteiger partial charge in [-0.05, 0) is 25.8 Å². The van der Waals surface area contributed by atoms with E-state index >= 15 is 0 Å². The molecular weight excluding hydrogens is 216 g/mol. The van der Waals surface area contributed by atoms with Gasteiger partial charge in [-0.15, -0.1) is 0 Å². The van der Waals surface area contributed by atoms with Crippen LogP contribution >= 0.6 is 0 Å².